The molecule has 0 saturated carbocycles. The van der Waals surface area contributed by atoms with Crippen molar-refractivity contribution >= 4 is 17.7 Å². The predicted molar refractivity (Wildman–Crippen MR) is 87.9 cm³/mol. The molecule has 0 radical (unpaired) electrons. The molecule has 0 aromatic carbocycles. The van der Waals surface area contributed by atoms with Crippen LogP contribution in [0.4, 0.5) is 0 Å². The second-order valence-corrected chi connectivity index (χ2v) is 6.26. The molecule has 3 heteroatoms. The summed E-state index contributed by atoms with van der Waals surface area (Å²) < 4.78 is 0. The van der Waals surface area contributed by atoms with Crippen molar-refractivity contribution in [3.8, 4) is 0 Å². The standard InChI is InChI=1S/C16H33NOS/c1-3-4-5-6-7-8-9-10-11-12-14-17-16(18)13-15-19-2/h3-15H2,1-2H3,(H,17,18). The van der Waals surface area contributed by atoms with Gasteiger partial charge in [0.1, 0.15) is 0 Å². The van der Waals surface area contributed by atoms with E-state index in [2.05, 4.69) is 12.2 Å². The van der Waals surface area contributed by atoms with Crippen molar-refractivity contribution in [2.75, 3.05) is 18.6 Å². The van der Waals surface area contributed by atoms with E-state index in [-0.39, 0.29) is 5.91 Å². The summed E-state index contributed by atoms with van der Waals surface area (Å²) >= 11 is 1.73. The quantitative estimate of drug-likeness (QED) is 0.466. The first-order chi connectivity index (χ1) is 9.31. The van der Waals surface area contributed by atoms with Crippen LogP contribution in [0, 0.1) is 0 Å². The molecule has 0 unspecified atom stereocenters. The molecule has 0 fully saturated rings. The fourth-order valence-electron chi connectivity index (χ4n) is 2.12. The Balaban J connectivity index is 3.04. The highest BCUT2D eigenvalue weighted by molar-refractivity contribution is 7.98. The molecule has 0 heterocycles. The Hall–Kier alpha value is -0.180. The summed E-state index contributed by atoms with van der Waals surface area (Å²) in [5.41, 5.74) is 0. The van der Waals surface area contributed by atoms with E-state index >= 15 is 0 Å². The Labute approximate surface area is 124 Å². The van der Waals surface area contributed by atoms with Crippen LogP contribution < -0.4 is 5.32 Å². The first kappa shape index (κ1) is 18.8. The van der Waals surface area contributed by atoms with Gasteiger partial charge >= 0.3 is 0 Å². The Bertz CT molecular complexity index is 197. The van der Waals surface area contributed by atoms with Gasteiger partial charge in [0.2, 0.25) is 5.91 Å². The minimum Gasteiger partial charge on any atom is -0.356 e. The van der Waals surface area contributed by atoms with E-state index in [1.807, 2.05) is 6.26 Å². The molecule has 2 nitrogen and oxygen atoms in total. The van der Waals surface area contributed by atoms with Crippen molar-refractivity contribution in [2.45, 2.75) is 77.6 Å². The van der Waals surface area contributed by atoms with Crippen LogP contribution in [0.1, 0.15) is 77.6 Å². The molecule has 0 bridgehead atoms. The lowest BCUT2D eigenvalue weighted by Gasteiger charge is -2.05. The zero-order valence-corrected chi connectivity index (χ0v) is 13.8. The van der Waals surface area contributed by atoms with E-state index in [0.29, 0.717) is 6.42 Å². The molecule has 0 aromatic rings. The van der Waals surface area contributed by atoms with Crippen molar-refractivity contribution in [3.63, 3.8) is 0 Å². The summed E-state index contributed by atoms with van der Waals surface area (Å²) in [5, 5.41) is 2.99. The summed E-state index contributed by atoms with van der Waals surface area (Å²) in [6.07, 6.45) is 16.2. The van der Waals surface area contributed by atoms with Crippen LogP contribution in [0.3, 0.4) is 0 Å². The van der Waals surface area contributed by atoms with Gasteiger partial charge in [-0.15, -0.1) is 0 Å². The van der Waals surface area contributed by atoms with E-state index in [4.69, 9.17) is 0 Å². The second kappa shape index (κ2) is 15.9. The average molecular weight is 288 g/mol. The van der Waals surface area contributed by atoms with Gasteiger partial charge in [-0.1, -0.05) is 64.7 Å². The van der Waals surface area contributed by atoms with E-state index in [0.717, 1.165) is 18.7 Å². The topological polar surface area (TPSA) is 29.1 Å². The lowest BCUT2D eigenvalue weighted by atomic mass is 10.1. The van der Waals surface area contributed by atoms with Crippen LogP contribution in [0.5, 0.6) is 0 Å². The Morgan fingerprint density at radius 2 is 1.42 bits per heavy atom. The number of hydrogen-bond donors (Lipinski definition) is 1. The third kappa shape index (κ3) is 15.8. The monoisotopic (exact) mass is 287 g/mol. The maximum atomic E-state index is 11.3. The molecule has 0 rings (SSSR count). The molecule has 0 spiro atoms. The largest absolute Gasteiger partial charge is 0.356 e. The first-order valence-corrected chi connectivity index (χ1v) is 9.46. The van der Waals surface area contributed by atoms with E-state index in [1.54, 1.807) is 11.8 Å². The molecule has 0 atom stereocenters. The first-order valence-electron chi connectivity index (χ1n) is 8.07. The van der Waals surface area contributed by atoms with Gasteiger partial charge in [-0.05, 0) is 12.7 Å². The van der Waals surface area contributed by atoms with Gasteiger partial charge in [-0.25, -0.2) is 0 Å². The lowest BCUT2D eigenvalue weighted by Crippen LogP contribution is -2.24. The number of rotatable bonds is 14. The molecule has 0 aliphatic carbocycles. The van der Waals surface area contributed by atoms with Crippen LogP contribution in [0.25, 0.3) is 0 Å². The van der Waals surface area contributed by atoms with Crippen molar-refractivity contribution in [1.29, 1.82) is 0 Å². The highest BCUT2D eigenvalue weighted by atomic mass is 32.2. The minimum absolute atomic E-state index is 0.213. The molecule has 1 amide bonds. The maximum absolute atomic E-state index is 11.3. The molecule has 114 valence electrons. The zero-order chi connectivity index (χ0) is 14.2. The van der Waals surface area contributed by atoms with E-state index in [1.165, 1.54) is 57.8 Å². The molecular formula is C16H33NOS. The average Bonchev–Trinajstić information content (AvgIpc) is 2.42. The fraction of sp³-hybridized carbons (Fsp3) is 0.938. The normalized spacial score (nSPS) is 10.6. The van der Waals surface area contributed by atoms with Gasteiger partial charge in [0.15, 0.2) is 0 Å². The predicted octanol–water partition coefficient (Wildman–Crippen LogP) is 4.78. The molecule has 0 aliphatic rings. The molecule has 0 aromatic heterocycles. The van der Waals surface area contributed by atoms with E-state index < -0.39 is 0 Å². The van der Waals surface area contributed by atoms with Gasteiger partial charge in [0.05, 0.1) is 0 Å². The summed E-state index contributed by atoms with van der Waals surface area (Å²) in [4.78, 5) is 11.3. The fourth-order valence-corrected chi connectivity index (χ4v) is 2.51. The van der Waals surface area contributed by atoms with Gasteiger partial charge < -0.3 is 5.32 Å². The van der Waals surface area contributed by atoms with Crippen LogP contribution in [-0.2, 0) is 4.79 Å². The zero-order valence-electron chi connectivity index (χ0n) is 13.0. The van der Waals surface area contributed by atoms with Crippen molar-refractivity contribution in [3.05, 3.63) is 0 Å². The van der Waals surface area contributed by atoms with Crippen molar-refractivity contribution in [2.24, 2.45) is 0 Å². The maximum Gasteiger partial charge on any atom is 0.220 e. The lowest BCUT2D eigenvalue weighted by molar-refractivity contribution is -0.120. The summed E-state index contributed by atoms with van der Waals surface area (Å²) in [6.45, 7) is 3.13. The second-order valence-electron chi connectivity index (χ2n) is 5.27. The van der Waals surface area contributed by atoms with Gasteiger partial charge in [-0.2, -0.15) is 11.8 Å². The van der Waals surface area contributed by atoms with E-state index in [9.17, 15) is 4.79 Å². The van der Waals surface area contributed by atoms with Gasteiger partial charge in [0.25, 0.3) is 0 Å². The molecule has 0 saturated heterocycles. The summed E-state index contributed by atoms with van der Waals surface area (Å²) in [6, 6.07) is 0. The number of unbranched alkanes of at least 4 members (excludes halogenated alkanes) is 9. The van der Waals surface area contributed by atoms with Crippen LogP contribution in [0.2, 0.25) is 0 Å². The molecule has 0 aliphatic heterocycles. The minimum atomic E-state index is 0.213. The Morgan fingerprint density at radius 1 is 0.895 bits per heavy atom. The number of amides is 1. The highest BCUT2D eigenvalue weighted by Crippen LogP contribution is 2.10. The third-order valence-electron chi connectivity index (χ3n) is 3.39. The van der Waals surface area contributed by atoms with Crippen molar-refractivity contribution < 1.29 is 4.79 Å². The smallest absolute Gasteiger partial charge is 0.220 e. The van der Waals surface area contributed by atoms with Crippen molar-refractivity contribution in [1.82, 2.24) is 5.32 Å². The van der Waals surface area contributed by atoms with Crippen LogP contribution >= 0.6 is 11.8 Å². The highest BCUT2D eigenvalue weighted by Gasteiger charge is 1.98. The summed E-state index contributed by atoms with van der Waals surface area (Å²) in [5.74, 6) is 1.15. The Kier molecular flexibility index (Phi) is 15.7. The number of nitrogens with one attached hydrogen (secondary N) is 1. The number of hydrogen-bond acceptors (Lipinski definition) is 2. The van der Waals surface area contributed by atoms with Crippen LogP contribution in [0.15, 0.2) is 0 Å². The summed E-state index contributed by atoms with van der Waals surface area (Å²) in [7, 11) is 0. The Morgan fingerprint density at radius 3 is 1.95 bits per heavy atom. The van der Waals surface area contributed by atoms with Crippen LogP contribution in [-0.4, -0.2) is 24.5 Å². The third-order valence-corrected chi connectivity index (χ3v) is 4.00. The number of thioether (sulfide) groups is 1. The van der Waals surface area contributed by atoms with Gasteiger partial charge in [-0.3, -0.25) is 4.79 Å². The molecular weight excluding hydrogens is 254 g/mol. The van der Waals surface area contributed by atoms with Gasteiger partial charge in [0, 0.05) is 18.7 Å². The number of carbonyl (C=O) groups is 1. The molecule has 19 heavy (non-hydrogen) atoms. The SMILES string of the molecule is CCCCCCCCCCCCNC(=O)CCSC. The molecule has 1 N–H and O–H groups in total. The number of carbonyl (C=O) groups excluding carboxylic acids is 1.